The number of piperidine rings is 1. The van der Waals surface area contributed by atoms with Crippen LogP contribution in [-0.2, 0) is 0 Å². The van der Waals surface area contributed by atoms with E-state index in [4.69, 9.17) is 4.99 Å². The number of rotatable bonds is 0. The lowest BCUT2D eigenvalue weighted by Crippen LogP contribution is -2.41. The molecule has 0 aromatic heterocycles. The van der Waals surface area contributed by atoms with E-state index in [-0.39, 0.29) is 0 Å². The summed E-state index contributed by atoms with van der Waals surface area (Å²) in [5.41, 5.74) is 6.94. The second-order valence-electron chi connectivity index (χ2n) is 5.96. The molecule has 1 aromatic rings. The average Bonchev–Trinajstić information content (AvgIpc) is 2.33. The summed E-state index contributed by atoms with van der Waals surface area (Å²) in [6, 6.07) is 5.24. The molecule has 2 heterocycles. The second kappa shape index (κ2) is 4.20. The van der Waals surface area contributed by atoms with Crippen molar-refractivity contribution in [2.75, 3.05) is 20.1 Å². The fraction of sp³-hybridized carbons (Fsp3) is 0.562. The summed E-state index contributed by atoms with van der Waals surface area (Å²) in [4.78, 5) is 7.38. The molecule has 2 heteroatoms. The van der Waals surface area contributed by atoms with Crippen molar-refractivity contribution in [3.8, 4) is 0 Å². The summed E-state index contributed by atoms with van der Waals surface area (Å²) in [6.45, 7) is 8.91. The number of nitrogens with zero attached hydrogens (tertiary/aromatic N) is 2. The highest BCUT2D eigenvalue weighted by atomic mass is 15.1. The Kier molecular flexibility index (Phi) is 2.78. The standard InChI is InChI=1S/C16H22N2/c1-10-7-13-12(3)17-16-5-6-18(4)9-15(16)14(13)8-11(10)2/h7-8,15-16H,5-6,9H2,1-4H3. The third-order valence-corrected chi connectivity index (χ3v) is 4.59. The van der Waals surface area contributed by atoms with Gasteiger partial charge in [-0.3, -0.25) is 4.99 Å². The van der Waals surface area contributed by atoms with Crippen molar-refractivity contribution in [1.82, 2.24) is 4.90 Å². The second-order valence-corrected chi connectivity index (χ2v) is 5.96. The Morgan fingerprint density at radius 3 is 2.67 bits per heavy atom. The van der Waals surface area contributed by atoms with E-state index in [0.717, 1.165) is 6.54 Å². The maximum absolute atomic E-state index is 4.94. The minimum atomic E-state index is 0.510. The van der Waals surface area contributed by atoms with Crippen LogP contribution in [0.1, 0.15) is 41.5 Å². The quantitative estimate of drug-likeness (QED) is 0.683. The van der Waals surface area contributed by atoms with Crippen LogP contribution in [0.3, 0.4) is 0 Å². The van der Waals surface area contributed by atoms with Crippen LogP contribution >= 0.6 is 0 Å². The van der Waals surface area contributed by atoms with Gasteiger partial charge in [0.15, 0.2) is 0 Å². The van der Waals surface area contributed by atoms with Crippen LogP contribution in [0.15, 0.2) is 17.1 Å². The Hall–Kier alpha value is -1.15. The van der Waals surface area contributed by atoms with Crippen LogP contribution < -0.4 is 0 Å². The number of fused-ring (bicyclic) bond motifs is 3. The van der Waals surface area contributed by atoms with Gasteiger partial charge < -0.3 is 4.90 Å². The zero-order valence-corrected chi connectivity index (χ0v) is 11.8. The first-order valence-electron chi connectivity index (χ1n) is 6.90. The van der Waals surface area contributed by atoms with E-state index in [1.54, 1.807) is 0 Å². The number of aryl methyl sites for hydroxylation is 2. The highest BCUT2D eigenvalue weighted by Crippen LogP contribution is 2.36. The SMILES string of the molecule is CC1=NC2CCN(C)CC2c2cc(C)c(C)cc21. The zero-order valence-electron chi connectivity index (χ0n) is 11.8. The van der Waals surface area contributed by atoms with Gasteiger partial charge in [-0.05, 0) is 69.1 Å². The molecule has 0 N–H and O–H groups in total. The minimum absolute atomic E-state index is 0.510. The fourth-order valence-corrected chi connectivity index (χ4v) is 3.34. The lowest BCUT2D eigenvalue weighted by Gasteiger charge is -2.39. The largest absolute Gasteiger partial charge is 0.306 e. The van der Waals surface area contributed by atoms with Gasteiger partial charge >= 0.3 is 0 Å². The highest BCUT2D eigenvalue weighted by Gasteiger charge is 2.33. The molecule has 0 aliphatic carbocycles. The van der Waals surface area contributed by atoms with Crippen molar-refractivity contribution in [2.24, 2.45) is 4.99 Å². The Labute approximate surface area is 110 Å². The van der Waals surface area contributed by atoms with E-state index in [1.807, 2.05) is 0 Å². The van der Waals surface area contributed by atoms with Crippen molar-refractivity contribution in [2.45, 2.75) is 39.2 Å². The molecular formula is C16H22N2. The molecule has 0 bridgehead atoms. The number of likely N-dealkylation sites (N-methyl/N-ethyl adjacent to an activating group) is 1. The highest BCUT2D eigenvalue weighted by molar-refractivity contribution is 6.01. The van der Waals surface area contributed by atoms with E-state index in [0.29, 0.717) is 12.0 Å². The minimum Gasteiger partial charge on any atom is -0.306 e. The van der Waals surface area contributed by atoms with E-state index in [2.05, 4.69) is 44.9 Å². The topological polar surface area (TPSA) is 15.6 Å². The number of benzene rings is 1. The summed E-state index contributed by atoms with van der Waals surface area (Å²) in [5.74, 6) is 0.599. The Morgan fingerprint density at radius 1 is 1.17 bits per heavy atom. The summed E-state index contributed by atoms with van der Waals surface area (Å²) in [6.07, 6.45) is 1.20. The molecule has 2 atom stereocenters. The lowest BCUT2D eigenvalue weighted by molar-refractivity contribution is 0.227. The molecule has 1 aromatic carbocycles. The van der Waals surface area contributed by atoms with Gasteiger partial charge in [0.1, 0.15) is 0 Å². The van der Waals surface area contributed by atoms with Gasteiger partial charge in [-0.15, -0.1) is 0 Å². The molecule has 0 saturated carbocycles. The van der Waals surface area contributed by atoms with E-state index < -0.39 is 0 Å². The first-order chi connectivity index (χ1) is 8.56. The number of likely N-dealkylation sites (tertiary alicyclic amines) is 1. The number of aliphatic imine (C=N–C) groups is 1. The maximum atomic E-state index is 4.94. The van der Waals surface area contributed by atoms with Gasteiger partial charge in [0.25, 0.3) is 0 Å². The maximum Gasteiger partial charge on any atom is 0.0596 e. The van der Waals surface area contributed by atoms with Crippen molar-refractivity contribution in [3.63, 3.8) is 0 Å². The van der Waals surface area contributed by atoms with E-state index >= 15 is 0 Å². The van der Waals surface area contributed by atoms with Crippen LogP contribution in [0, 0.1) is 13.8 Å². The molecule has 2 nitrogen and oxygen atoms in total. The molecule has 1 saturated heterocycles. The lowest BCUT2D eigenvalue weighted by atomic mass is 9.79. The Balaban J connectivity index is 2.12. The smallest absolute Gasteiger partial charge is 0.0596 e. The summed E-state index contributed by atoms with van der Waals surface area (Å²) < 4.78 is 0. The molecule has 2 unspecified atom stereocenters. The van der Waals surface area contributed by atoms with Crippen molar-refractivity contribution in [1.29, 1.82) is 0 Å². The van der Waals surface area contributed by atoms with Gasteiger partial charge in [-0.25, -0.2) is 0 Å². The van der Waals surface area contributed by atoms with E-state index in [9.17, 15) is 0 Å². The van der Waals surface area contributed by atoms with Gasteiger partial charge in [-0.1, -0.05) is 6.07 Å². The average molecular weight is 242 g/mol. The summed E-state index contributed by atoms with van der Waals surface area (Å²) in [7, 11) is 2.22. The monoisotopic (exact) mass is 242 g/mol. The number of hydrogen-bond donors (Lipinski definition) is 0. The van der Waals surface area contributed by atoms with Crippen LogP contribution in [0.5, 0.6) is 0 Å². The predicted molar refractivity (Wildman–Crippen MR) is 76.8 cm³/mol. The third-order valence-electron chi connectivity index (χ3n) is 4.59. The zero-order chi connectivity index (χ0) is 12.9. The summed E-state index contributed by atoms with van der Waals surface area (Å²) in [5, 5.41) is 0. The first-order valence-corrected chi connectivity index (χ1v) is 6.90. The van der Waals surface area contributed by atoms with Gasteiger partial charge in [0.2, 0.25) is 0 Å². The molecule has 0 amide bonds. The number of hydrogen-bond acceptors (Lipinski definition) is 2. The normalized spacial score (nSPS) is 27.4. The van der Waals surface area contributed by atoms with Crippen molar-refractivity contribution < 1.29 is 0 Å². The predicted octanol–water partition coefficient (Wildman–Crippen LogP) is 2.91. The molecule has 2 aliphatic rings. The molecule has 18 heavy (non-hydrogen) atoms. The molecule has 0 radical (unpaired) electrons. The van der Waals surface area contributed by atoms with Crippen LogP contribution in [0.2, 0.25) is 0 Å². The summed E-state index contributed by atoms with van der Waals surface area (Å²) >= 11 is 0. The molecule has 96 valence electrons. The van der Waals surface area contributed by atoms with Crippen molar-refractivity contribution in [3.05, 3.63) is 34.4 Å². The first kappa shape index (κ1) is 11.9. The van der Waals surface area contributed by atoms with Crippen LogP contribution in [-0.4, -0.2) is 36.8 Å². The Morgan fingerprint density at radius 2 is 1.89 bits per heavy atom. The van der Waals surface area contributed by atoms with Crippen LogP contribution in [0.25, 0.3) is 0 Å². The van der Waals surface area contributed by atoms with Gasteiger partial charge in [-0.2, -0.15) is 0 Å². The Bertz CT molecular complexity index is 516. The van der Waals surface area contributed by atoms with Gasteiger partial charge in [0.05, 0.1) is 6.04 Å². The van der Waals surface area contributed by atoms with Crippen LogP contribution in [0.4, 0.5) is 0 Å². The van der Waals surface area contributed by atoms with Crippen molar-refractivity contribution >= 4 is 5.71 Å². The third kappa shape index (κ3) is 1.79. The molecule has 1 fully saturated rings. The molecule has 2 aliphatic heterocycles. The van der Waals surface area contributed by atoms with E-state index in [1.165, 1.54) is 40.9 Å². The fourth-order valence-electron chi connectivity index (χ4n) is 3.34. The molecule has 0 spiro atoms. The van der Waals surface area contributed by atoms with Gasteiger partial charge in [0, 0.05) is 18.2 Å². The molecule has 3 rings (SSSR count). The molecular weight excluding hydrogens is 220 g/mol.